The number of benzene rings is 1. The van der Waals surface area contributed by atoms with Crippen LogP contribution in [-0.4, -0.2) is 85.6 Å². The van der Waals surface area contributed by atoms with Gasteiger partial charge in [-0.15, -0.1) is 0 Å². The zero-order chi connectivity index (χ0) is 18.2. The Labute approximate surface area is 146 Å². The molecule has 7 nitrogen and oxygen atoms in total. The van der Waals surface area contributed by atoms with Gasteiger partial charge in [-0.05, 0) is 18.2 Å². The highest BCUT2D eigenvalue weighted by Crippen LogP contribution is 2.31. The molecule has 0 bridgehead atoms. The van der Waals surface area contributed by atoms with Gasteiger partial charge < -0.3 is 19.7 Å². The van der Waals surface area contributed by atoms with Crippen LogP contribution in [0.5, 0.6) is 5.75 Å². The van der Waals surface area contributed by atoms with E-state index in [-0.39, 0.29) is 6.61 Å². The average Bonchev–Trinajstić information content (AvgIpc) is 2.60. The van der Waals surface area contributed by atoms with E-state index >= 15 is 0 Å². The summed E-state index contributed by atoms with van der Waals surface area (Å²) in [5.41, 5.74) is 0.328. The highest BCUT2D eigenvalue weighted by atomic mass is 19.1. The lowest BCUT2D eigenvalue weighted by molar-refractivity contribution is -0.144. The van der Waals surface area contributed by atoms with E-state index in [0.717, 1.165) is 6.54 Å². The highest BCUT2D eigenvalue weighted by Gasteiger charge is 2.32. The molecule has 1 aliphatic heterocycles. The third-order valence-corrected chi connectivity index (χ3v) is 4.28. The van der Waals surface area contributed by atoms with E-state index in [1.807, 2.05) is 4.90 Å². The SMILES string of the molecule is COc1ccc(F)cc1[C@H](C(=O)O)N1CCN(CCOCCO)CC1. The Kier molecular flexibility index (Phi) is 7.57. The van der Waals surface area contributed by atoms with Gasteiger partial charge in [-0.25, -0.2) is 4.39 Å². The van der Waals surface area contributed by atoms with Crippen molar-refractivity contribution in [1.82, 2.24) is 9.80 Å². The van der Waals surface area contributed by atoms with E-state index in [1.54, 1.807) is 0 Å². The normalized spacial score (nSPS) is 17.4. The second-order valence-corrected chi connectivity index (χ2v) is 5.84. The average molecular weight is 356 g/mol. The Hall–Kier alpha value is -1.74. The molecule has 25 heavy (non-hydrogen) atoms. The number of methoxy groups -OCH3 is 1. The summed E-state index contributed by atoms with van der Waals surface area (Å²) in [7, 11) is 1.44. The van der Waals surface area contributed by atoms with Crippen molar-refractivity contribution in [3.05, 3.63) is 29.6 Å². The number of aliphatic hydroxyl groups excluding tert-OH is 1. The minimum atomic E-state index is -1.02. The summed E-state index contributed by atoms with van der Waals surface area (Å²) in [5.74, 6) is -1.14. The topological polar surface area (TPSA) is 82.5 Å². The van der Waals surface area contributed by atoms with Crippen LogP contribution in [0.1, 0.15) is 11.6 Å². The summed E-state index contributed by atoms with van der Waals surface area (Å²) < 4.78 is 24.1. The van der Waals surface area contributed by atoms with Gasteiger partial charge in [0.2, 0.25) is 0 Å². The fourth-order valence-corrected chi connectivity index (χ4v) is 3.01. The quantitative estimate of drug-likeness (QED) is 0.627. The van der Waals surface area contributed by atoms with Crippen LogP contribution >= 0.6 is 0 Å². The summed E-state index contributed by atoms with van der Waals surface area (Å²) in [6, 6.07) is 2.99. The van der Waals surface area contributed by atoms with Crippen LogP contribution in [0, 0.1) is 5.82 Å². The first-order chi connectivity index (χ1) is 12.1. The Morgan fingerprint density at radius 2 is 2.00 bits per heavy atom. The van der Waals surface area contributed by atoms with Crippen molar-refractivity contribution in [2.75, 3.05) is 59.7 Å². The van der Waals surface area contributed by atoms with Crippen molar-refractivity contribution in [2.24, 2.45) is 0 Å². The van der Waals surface area contributed by atoms with Crippen LogP contribution in [0.2, 0.25) is 0 Å². The summed E-state index contributed by atoms with van der Waals surface area (Å²) in [6.07, 6.45) is 0. The Balaban J connectivity index is 2.01. The maximum absolute atomic E-state index is 13.6. The van der Waals surface area contributed by atoms with E-state index < -0.39 is 17.8 Å². The molecule has 0 aliphatic carbocycles. The standard InChI is InChI=1S/C17H25FN2O5/c1-24-15-3-2-13(18)12-14(15)16(17(22)23)20-6-4-19(5-7-20)8-10-25-11-9-21/h2-3,12,16,21H,4-11H2,1H3,(H,22,23)/t16-/m1/s1. The number of hydrogen-bond acceptors (Lipinski definition) is 6. The number of hydrogen-bond donors (Lipinski definition) is 2. The van der Waals surface area contributed by atoms with Crippen molar-refractivity contribution in [2.45, 2.75) is 6.04 Å². The van der Waals surface area contributed by atoms with Crippen LogP contribution < -0.4 is 4.74 Å². The number of rotatable bonds is 9. The second kappa shape index (κ2) is 9.67. The van der Waals surface area contributed by atoms with Gasteiger partial charge in [-0.1, -0.05) is 0 Å². The highest BCUT2D eigenvalue weighted by molar-refractivity contribution is 5.76. The molecule has 1 aliphatic rings. The first-order valence-corrected chi connectivity index (χ1v) is 8.28. The van der Waals surface area contributed by atoms with Gasteiger partial charge in [-0.2, -0.15) is 0 Å². The van der Waals surface area contributed by atoms with Gasteiger partial charge in [0.15, 0.2) is 0 Å². The molecule has 140 valence electrons. The molecule has 1 atom stereocenters. The molecule has 1 heterocycles. The summed E-state index contributed by atoms with van der Waals surface area (Å²) in [5, 5.41) is 18.4. The number of carboxylic acid groups (broad SMARTS) is 1. The van der Waals surface area contributed by atoms with Crippen molar-refractivity contribution >= 4 is 5.97 Å². The zero-order valence-electron chi connectivity index (χ0n) is 14.4. The first kappa shape index (κ1) is 19.6. The van der Waals surface area contributed by atoms with Crippen LogP contribution in [0.25, 0.3) is 0 Å². The molecule has 0 spiro atoms. The third-order valence-electron chi connectivity index (χ3n) is 4.28. The van der Waals surface area contributed by atoms with E-state index in [2.05, 4.69) is 4.90 Å². The van der Waals surface area contributed by atoms with Gasteiger partial charge in [0.1, 0.15) is 17.6 Å². The van der Waals surface area contributed by atoms with Crippen molar-refractivity contribution in [1.29, 1.82) is 0 Å². The molecule has 0 unspecified atom stereocenters. The van der Waals surface area contributed by atoms with E-state index in [9.17, 15) is 14.3 Å². The number of nitrogens with zero attached hydrogens (tertiary/aromatic N) is 2. The molecule has 1 saturated heterocycles. The number of aliphatic carboxylic acids is 1. The second-order valence-electron chi connectivity index (χ2n) is 5.84. The monoisotopic (exact) mass is 356 g/mol. The molecule has 2 rings (SSSR count). The Morgan fingerprint density at radius 3 is 2.60 bits per heavy atom. The Bertz CT molecular complexity index is 564. The summed E-state index contributed by atoms with van der Waals surface area (Å²) in [4.78, 5) is 15.8. The van der Waals surface area contributed by atoms with Gasteiger partial charge in [0, 0.05) is 38.3 Å². The minimum Gasteiger partial charge on any atom is -0.496 e. The molecule has 0 saturated carbocycles. The van der Waals surface area contributed by atoms with Crippen LogP contribution in [0.15, 0.2) is 18.2 Å². The number of carboxylic acids is 1. The first-order valence-electron chi connectivity index (χ1n) is 8.28. The number of aliphatic hydroxyl groups is 1. The molecule has 0 aromatic heterocycles. The smallest absolute Gasteiger partial charge is 0.325 e. The molecule has 8 heteroatoms. The molecular formula is C17H25FN2O5. The van der Waals surface area contributed by atoms with Crippen LogP contribution in [-0.2, 0) is 9.53 Å². The van der Waals surface area contributed by atoms with Gasteiger partial charge in [0.25, 0.3) is 0 Å². The predicted octanol–water partition coefficient (Wildman–Crippen LogP) is 0.587. The van der Waals surface area contributed by atoms with Crippen LogP contribution in [0.4, 0.5) is 4.39 Å². The molecule has 1 aromatic carbocycles. The number of carbonyl (C=O) groups is 1. The predicted molar refractivity (Wildman–Crippen MR) is 89.2 cm³/mol. The molecule has 2 N–H and O–H groups in total. The van der Waals surface area contributed by atoms with Crippen molar-refractivity contribution in [3.63, 3.8) is 0 Å². The molecule has 0 radical (unpaired) electrons. The largest absolute Gasteiger partial charge is 0.496 e. The summed E-state index contributed by atoms with van der Waals surface area (Å²) in [6.45, 7) is 4.08. The molecule has 1 fully saturated rings. The number of halogens is 1. The van der Waals surface area contributed by atoms with Gasteiger partial charge in [0.05, 0.1) is 26.9 Å². The van der Waals surface area contributed by atoms with Crippen molar-refractivity contribution < 1.29 is 28.9 Å². The fourth-order valence-electron chi connectivity index (χ4n) is 3.01. The Morgan fingerprint density at radius 1 is 1.28 bits per heavy atom. The minimum absolute atomic E-state index is 0.00351. The van der Waals surface area contributed by atoms with Gasteiger partial charge in [-0.3, -0.25) is 14.6 Å². The fraction of sp³-hybridized carbons (Fsp3) is 0.588. The molecular weight excluding hydrogens is 331 g/mol. The molecule has 1 aromatic rings. The van der Waals surface area contributed by atoms with Crippen molar-refractivity contribution in [3.8, 4) is 5.75 Å². The lowest BCUT2D eigenvalue weighted by Gasteiger charge is -2.38. The van der Waals surface area contributed by atoms with E-state index in [0.29, 0.717) is 50.7 Å². The zero-order valence-corrected chi connectivity index (χ0v) is 14.4. The third kappa shape index (κ3) is 5.37. The van der Waals surface area contributed by atoms with E-state index in [1.165, 1.54) is 25.3 Å². The lowest BCUT2D eigenvalue weighted by Crippen LogP contribution is -2.50. The summed E-state index contributed by atoms with van der Waals surface area (Å²) >= 11 is 0. The number of ether oxygens (including phenoxy) is 2. The maximum Gasteiger partial charge on any atom is 0.325 e. The maximum atomic E-state index is 13.6. The van der Waals surface area contributed by atoms with E-state index in [4.69, 9.17) is 14.6 Å². The van der Waals surface area contributed by atoms with Gasteiger partial charge >= 0.3 is 5.97 Å². The van der Waals surface area contributed by atoms with Crippen LogP contribution in [0.3, 0.4) is 0 Å². The molecule has 0 amide bonds. The number of piperazine rings is 1. The lowest BCUT2D eigenvalue weighted by atomic mass is 10.0.